The summed E-state index contributed by atoms with van der Waals surface area (Å²) in [6.07, 6.45) is 0. The Kier molecular flexibility index (Phi) is 3.46. The minimum Gasteiger partial charge on any atom is -0.388 e. The zero-order chi connectivity index (χ0) is 9.68. The number of Topliss-reactive ketones (excluding diaryl/α,β-unsaturated/α-hetero) is 1. The molecule has 0 unspecified atom stereocenters. The second kappa shape index (κ2) is 4.62. The van der Waals surface area contributed by atoms with E-state index in [9.17, 15) is 4.79 Å². The third kappa shape index (κ3) is 2.29. The number of carbonyl (C=O) groups excluding carboxylic acids is 1. The lowest BCUT2D eigenvalue weighted by molar-refractivity contribution is 0.0849. The number of hydrogen-bond donors (Lipinski definition) is 1. The van der Waals surface area contributed by atoms with Crippen molar-refractivity contribution in [2.45, 2.75) is 0 Å². The monoisotopic (exact) mass is 179 g/mol. The summed E-state index contributed by atoms with van der Waals surface area (Å²) in [7, 11) is 3.30. The Hall–Kier alpha value is -1.35. The van der Waals surface area contributed by atoms with E-state index in [0.717, 1.165) is 5.69 Å². The molecule has 0 radical (unpaired) electrons. The lowest BCUT2D eigenvalue weighted by Crippen LogP contribution is -2.09. The number of nitrogens with one attached hydrogen (secondary N) is 1. The van der Waals surface area contributed by atoms with E-state index in [4.69, 9.17) is 4.74 Å². The van der Waals surface area contributed by atoms with Crippen LogP contribution in [-0.2, 0) is 4.74 Å². The number of ether oxygens (including phenoxy) is 1. The first-order chi connectivity index (χ1) is 6.29. The molecular weight excluding hydrogens is 166 g/mol. The minimum absolute atomic E-state index is 0.00699. The average molecular weight is 179 g/mol. The van der Waals surface area contributed by atoms with Crippen molar-refractivity contribution in [1.29, 1.82) is 0 Å². The number of anilines is 1. The molecule has 3 heteroatoms. The Labute approximate surface area is 77.7 Å². The van der Waals surface area contributed by atoms with Crippen molar-refractivity contribution >= 4 is 11.5 Å². The SMILES string of the molecule is CNc1ccccc1C(=O)COC. The van der Waals surface area contributed by atoms with E-state index in [0.29, 0.717) is 5.56 Å². The molecule has 3 nitrogen and oxygen atoms in total. The zero-order valence-electron chi connectivity index (χ0n) is 7.83. The van der Waals surface area contributed by atoms with E-state index in [1.54, 1.807) is 13.1 Å². The van der Waals surface area contributed by atoms with Crippen molar-refractivity contribution in [3.63, 3.8) is 0 Å². The summed E-state index contributed by atoms with van der Waals surface area (Å²) >= 11 is 0. The van der Waals surface area contributed by atoms with Crippen LogP contribution < -0.4 is 5.32 Å². The molecule has 1 aromatic carbocycles. The third-order valence-electron chi connectivity index (χ3n) is 1.77. The van der Waals surface area contributed by atoms with Crippen LogP contribution in [0.5, 0.6) is 0 Å². The predicted octanol–water partition coefficient (Wildman–Crippen LogP) is 1.56. The highest BCUT2D eigenvalue weighted by Gasteiger charge is 2.08. The van der Waals surface area contributed by atoms with Gasteiger partial charge in [0, 0.05) is 25.4 Å². The first-order valence-electron chi connectivity index (χ1n) is 4.08. The number of carbonyl (C=O) groups is 1. The Bertz CT molecular complexity index is 297. The highest BCUT2D eigenvalue weighted by Crippen LogP contribution is 2.14. The van der Waals surface area contributed by atoms with Crippen LogP contribution in [-0.4, -0.2) is 26.5 Å². The zero-order valence-corrected chi connectivity index (χ0v) is 7.83. The molecule has 0 atom stereocenters. The molecule has 1 rings (SSSR count). The van der Waals surface area contributed by atoms with Crippen LogP contribution in [0.4, 0.5) is 5.69 Å². The van der Waals surface area contributed by atoms with Gasteiger partial charge in [-0.2, -0.15) is 0 Å². The summed E-state index contributed by atoms with van der Waals surface area (Å²) in [6, 6.07) is 7.37. The second-order valence-electron chi connectivity index (χ2n) is 2.65. The van der Waals surface area contributed by atoms with Gasteiger partial charge in [-0.25, -0.2) is 0 Å². The molecule has 1 N–H and O–H groups in total. The van der Waals surface area contributed by atoms with E-state index in [2.05, 4.69) is 5.32 Å². The van der Waals surface area contributed by atoms with Crippen LogP contribution in [0.15, 0.2) is 24.3 Å². The fourth-order valence-electron chi connectivity index (χ4n) is 1.15. The predicted molar refractivity (Wildman–Crippen MR) is 52.2 cm³/mol. The van der Waals surface area contributed by atoms with Gasteiger partial charge in [0.2, 0.25) is 0 Å². The van der Waals surface area contributed by atoms with Gasteiger partial charge in [-0.15, -0.1) is 0 Å². The smallest absolute Gasteiger partial charge is 0.190 e. The van der Waals surface area contributed by atoms with Gasteiger partial charge in [0.25, 0.3) is 0 Å². The van der Waals surface area contributed by atoms with E-state index >= 15 is 0 Å². The van der Waals surface area contributed by atoms with Gasteiger partial charge in [0.1, 0.15) is 6.61 Å². The molecule has 0 aliphatic rings. The summed E-state index contributed by atoms with van der Waals surface area (Å²) in [4.78, 5) is 11.5. The maximum Gasteiger partial charge on any atom is 0.190 e. The molecule has 0 fully saturated rings. The Morgan fingerprint density at radius 3 is 2.77 bits per heavy atom. The number of hydrogen-bond acceptors (Lipinski definition) is 3. The number of ketones is 1. The van der Waals surface area contributed by atoms with E-state index < -0.39 is 0 Å². The fourth-order valence-corrected chi connectivity index (χ4v) is 1.15. The van der Waals surface area contributed by atoms with Crippen LogP contribution in [0.1, 0.15) is 10.4 Å². The molecule has 1 aromatic rings. The van der Waals surface area contributed by atoms with Crippen LogP contribution in [0.3, 0.4) is 0 Å². The van der Waals surface area contributed by atoms with Gasteiger partial charge in [-0.1, -0.05) is 12.1 Å². The summed E-state index contributed by atoms with van der Waals surface area (Å²) in [5.41, 5.74) is 1.51. The molecule has 0 heterocycles. The number of para-hydroxylation sites is 1. The van der Waals surface area contributed by atoms with Gasteiger partial charge >= 0.3 is 0 Å². The van der Waals surface area contributed by atoms with Crippen molar-refractivity contribution in [1.82, 2.24) is 0 Å². The van der Waals surface area contributed by atoms with Crippen molar-refractivity contribution < 1.29 is 9.53 Å². The Balaban J connectivity index is 2.92. The molecule has 70 valence electrons. The van der Waals surface area contributed by atoms with Gasteiger partial charge in [0.05, 0.1) is 0 Å². The quantitative estimate of drug-likeness (QED) is 0.713. The lowest BCUT2D eigenvalue weighted by atomic mass is 10.1. The minimum atomic E-state index is -0.00699. The molecule has 0 aliphatic carbocycles. The standard InChI is InChI=1S/C10H13NO2/c1-11-9-6-4-3-5-8(9)10(12)7-13-2/h3-6,11H,7H2,1-2H3. The van der Waals surface area contributed by atoms with Crippen LogP contribution in [0, 0.1) is 0 Å². The van der Waals surface area contributed by atoms with Gasteiger partial charge in [-0.05, 0) is 12.1 Å². The van der Waals surface area contributed by atoms with E-state index in [1.807, 2.05) is 18.2 Å². The topological polar surface area (TPSA) is 38.3 Å². The van der Waals surface area contributed by atoms with Crippen molar-refractivity contribution in [2.75, 3.05) is 26.1 Å². The van der Waals surface area contributed by atoms with Crippen molar-refractivity contribution in [3.8, 4) is 0 Å². The molecule has 0 aromatic heterocycles. The lowest BCUT2D eigenvalue weighted by Gasteiger charge is -2.06. The molecule has 13 heavy (non-hydrogen) atoms. The third-order valence-corrected chi connectivity index (χ3v) is 1.77. The van der Waals surface area contributed by atoms with Crippen LogP contribution in [0.25, 0.3) is 0 Å². The van der Waals surface area contributed by atoms with Crippen molar-refractivity contribution in [3.05, 3.63) is 29.8 Å². The molecule has 0 spiro atoms. The first-order valence-corrected chi connectivity index (χ1v) is 4.08. The first kappa shape index (κ1) is 9.74. The second-order valence-corrected chi connectivity index (χ2v) is 2.65. The van der Waals surface area contributed by atoms with Crippen LogP contribution in [0.2, 0.25) is 0 Å². The number of benzene rings is 1. The summed E-state index contributed by atoms with van der Waals surface area (Å²) < 4.78 is 4.78. The van der Waals surface area contributed by atoms with E-state index in [-0.39, 0.29) is 12.4 Å². The van der Waals surface area contributed by atoms with E-state index in [1.165, 1.54) is 7.11 Å². The maximum absolute atomic E-state index is 11.5. The Morgan fingerprint density at radius 2 is 2.15 bits per heavy atom. The largest absolute Gasteiger partial charge is 0.388 e. The van der Waals surface area contributed by atoms with Gasteiger partial charge < -0.3 is 10.1 Å². The molecule has 0 aliphatic heterocycles. The summed E-state index contributed by atoms with van der Waals surface area (Å²) in [6.45, 7) is 0.124. The summed E-state index contributed by atoms with van der Waals surface area (Å²) in [5, 5.41) is 2.96. The molecule has 0 saturated carbocycles. The maximum atomic E-state index is 11.5. The average Bonchev–Trinajstić information content (AvgIpc) is 2.18. The number of rotatable bonds is 4. The highest BCUT2D eigenvalue weighted by molar-refractivity contribution is 6.01. The molecular formula is C10H13NO2. The summed E-state index contributed by atoms with van der Waals surface area (Å²) in [5.74, 6) is -0.00699. The van der Waals surface area contributed by atoms with Gasteiger partial charge in [0.15, 0.2) is 5.78 Å². The normalized spacial score (nSPS) is 9.69. The fraction of sp³-hybridized carbons (Fsp3) is 0.300. The van der Waals surface area contributed by atoms with Crippen molar-refractivity contribution in [2.24, 2.45) is 0 Å². The van der Waals surface area contributed by atoms with Gasteiger partial charge in [-0.3, -0.25) is 4.79 Å². The van der Waals surface area contributed by atoms with Crippen LogP contribution >= 0.6 is 0 Å². The molecule has 0 saturated heterocycles. The highest BCUT2D eigenvalue weighted by atomic mass is 16.5. The molecule has 0 amide bonds. The molecule has 0 bridgehead atoms. The number of methoxy groups -OCH3 is 1. The Morgan fingerprint density at radius 1 is 1.46 bits per heavy atom.